The van der Waals surface area contributed by atoms with Gasteiger partial charge in [0.1, 0.15) is 73.2 Å². The van der Waals surface area contributed by atoms with Crippen LogP contribution in [0.25, 0.3) is 0 Å². The highest BCUT2D eigenvalue weighted by Crippen LogP contribution is 2.33. The zero-order valence-corrected chi connectivity index (χ0v) is 58.0. The van der Waals surface area contributed by atoms with Crippen molar-refractivity contribution in [3.63, 3.8) is 0 Å². The molecular formula is C74H137NO18. The first-order chi connectivity index (χ1) is 45.3. The Labute approximate surface area is 561 Å². The smallest absolute Gasteiger partial charge is 0.220 e. The number of aliphatic hydroxyl groups is 11. The topological polar surface area (TPSA) is 307 Å². The largest absolute Gasteiger partial charge is 0.394 e. The predicted molar refractivity (Wildman–Crippen MR) is 365 cm³/mol. The summed E-state index contributed by atoms with van der Waals surface area (Å²) in [7, 11) is 0. The molecule has 17 atom stereocenters. The number of ether oxygens (including phenoxy) is 6. The zero-order chi connectivity index (χ0) is 67.5. The second-order valence-corrected chi connectivity index (χ2v) is 27.1. The fraction of sp³-hybridized carbons (Fsp3) is 0.905. The van der Waals surface area contributed by atoms with Crippen LogP contribution in [0.5, 0.6) is 0 Å². The van der Waals surface area contributed by atoms with Gasteiger partial charge in [-0.2, -0.15) is 0 Å². The Hall–Kier alpha value is -1.99. The third-order valence-electron chi connectivity index (χ3n) is 18.9. The molecule has 19 nitrogen and oxygen atoms in total. The maximum atomic E-state index is 13.4. The van der Waals surface area contributed by atoms with Gasteiger partial charge in [0.2, 0.25) is 5.91 Å². The third kappa shape index (κ3) is 37.1. The third-order valence-corrected chi connectivity index (χ3v) is 18.9. The molecule has 0 bridgehead atoms. The molecule has 0 radical (unpaired) electrons. The summed E-state index contributed by atoms with van der Waals surface area (Å²) in [5.41, 5.74) is 0. The van der Waals surface area contributed by atoms with Crippen LogP contribution in [0.3, 0.4) is 0 Å². The number of carbonyl (C=O) groups is 1. The number of nitrogens with one attached hydrogen (secondary N) is 1. The van der Waals surface area contributed by atoms with E-state index in [-0.39, 0.29) is 18.9 Å². The van der Waals surface area contributed by atoms with E-state index in [0.29, 0.717) is 12.8 Å². The lowest BCUT2D eigenvalue weighted by Crippen LogP contribution is -2.66. The van der Waals surface area contributed by atoms with E-state index in [1.54, 1.807) is 6.08 Å². The molecule has 546 valence electrons. The van der Waals surface area contributed by atoms with Crippen LogP contribution in [0.2, 0.25) is 0 Å². The summed E-state index contributed by atoms with van der Waals surface area (Å²) >= 11 is 0. The van der Waals surface area contributed by atoms with Gasteiger partial charge in [0.25, 0.3) is 0 Å². The van der Waals surface area contributed by atoms with Crippen molar-refractivity contribution in [3.8, 4) is 0 Å². The van der Waals surface area contributed by atoms with Gasteiger partial charge in [-0.1, -0.05) is 281 Å². The Morgan fingerprint density at radius 1 is 0.376 bits per heavy atom. The summed E-state index contributed by atoms with van der Waals surface area (Å²) in [5.74, 6) is -0.285. The lowest BCUT2D eigenvalue weighted by Gasteiger charge is -2.48. The molecule has 0 saturated carbocycles. The number of hydrogen-bond donors (Lipinski definition) is 12. The summed E-state index contributed by atoms with van der Waals surface area (Å²) in [6, 6.07) is -0.995. The fourth-order valence-corrected chi connectivity index (χ4v) is 12.8. The average molecular weight is 1330 g/mol. The number of allylic oxidation sites excluding steroid dienone is 5. The molecule has 3 fully saturated rings. The molecule has 17 unspecified atom stereocenters. The maximum absolute atomic E-state index is 13.4. The molecule has 3 aliphatic rings. The highest BCUT2D eigenvalue weighted by atomic mass is 16.8. The highest BCUT2D eigenvalue weighted by Gasteiger charge is 2.53. The SMILES string of the molecule is CCCCCCCCCCCCCCCCCCCCC/C=C/CC/C=C/CC/C=C/C(O)C(COC1OC(CO)C(OC2OC(CO)C(OC3OC(CO)C(O)C(O)C3O)C(O)C2O)C(O)C1O)NC(=O)CCCCCCCCCCCCCCCCCCCCC. The zero-order valence-electron chi connectivity index (χ0n) is 58.0. The number of aliphatic hydroxyl groups excluding tert-OH is 11. The molecule has 3 rings (SSSR count). The minimum absolute atomic E-state index is 0.236. The van der Waals surface area contributed by atoms with Crippen LogP contribution in [0.15, 0.2) is 36.5 Å². The van der Waals surface area contributed by atoms with Crippen LogP contribution >= 0.6 is 0 Å². The van der Waals surface area contributed by atoms with E-state index in [1.165, 1.54) is 218 Å². The number of amides is 1. The Bertz CT molecular complexity index is 1830. The van der Waals surface area contributed by atoms with Crippen molar-refractivity contribution >= 4 is 5.91 Å². The molecule has 93 heavy (non-hydrogen) atoms. The molecular weight excluding hydrogens is 1190 g/mol. The normalized spacial score (nSPS) is 27.7. The molecule has 0 aromatic rings. The molecule has 1 amide bonds. The molecule has 0 aromatic heterocycles. The average Bonchev–Trinajstić information content (AvgIpc) is 0.866. The van der Waals surface area contributed by atoms with Gasteiger partial charge in [-0.3, -0.25) is 4.79 Å². The Morgan fingerprint density at radius 2 is 0.688 bits per heavy atom. The number of hydrogen-bond acceptors (Lipinski definition) is 18. The molecule has 0 aliphatic carbocycles. The van der Waals surface area contributed by atoms with Crippen molar-refractivity contribution in [3.05, 3.63) is 36.5 Å². The quantitative estimate of drug-likeness (QED) is 0.0199. The summed E-state index contributed by atoms with van der Waals surface area (Å²) in [6.45, 7) is 1.75. The van der Waals surface area contributed by atoms with Gasteiger partial charge >= 0.3 is 0 Å². The van der Waals surface area contributed by atoms with Crippen molar-refractivity contribution < 1.29 is 89.4 Å². The van der Waals surface area contributed by atoms with Crippen LogP contribution < -0.4 is 5.32 Å². The van der Waals surface area contributed by atoms with E-state index in [4.69, 9.17) is 28.4 Å². The van der Waals surface area contributed by atoms with Crippen LogP contribution in [0.4, 0.5) is 0 Å². The van der Waals surface area contributed by atoms with E-state index in [2.05, 4.69) is 43.5 Å². The summed E-state index contributed by atoms with van der Waals surface area (Å²) in [5, 5.41) is 121. The molecule has 3 saturated heterocycles. The van der Waals surface area contributed by atoms with E-state index in [0.717, 1.165) is 44.9 Å². The van der Waals surface area contributed by atoms with Gasteiger partial charge in [0.05, 0.1) is 38.6 Å². The minimum Gasteiger partial charge on any atom is -0.394 e. The molecule has 3 aliphatic heterocycles. The molecule has 19 heteroatoms. The molecule has 3 heterocycles. The second kappa shape index (κ2) is 55.8. The summed E-state index contributed by atoms with van der Waals surface area (Å²) in [4.78, 5) is 13.4. The van der Waals surface area contributed by atoms with Gasteiger partial charge < -0.3 is 89.9 Å². The van der Waals surface area contributed by atoms with Gasteiger partial charge in [-0.05, 0) is 44.9 Å². The Kier molecular flexibility index (Phi) is 51.2. The number of carbonyl (C=O) groups excluding carboxylic acids is 1. The van der Waals surface area contributed by atoms with E-state index >= 15 is 0 Å². The Morgan fingerprint density at radius 3 is 1.08 bits per heavy atom. The van der Waals surface area contributed by atoms with E-state index in [1.807, 2.05) is 6.08 Å². The van der Waals surface area contributed by atoms with Gasteiger partial charge in [-0.25, -0.2) is 0 Å². The first-order valence-electron chi connectivity index (χ1n) is 37.7. The number of rotatable bonds is 59. The lowest BCUT2D eigenvalue weighted by atomic mass is 9.96. The summed E-state index contributed by atoms with van der Waals surface area (Å²) < 4.78 is 34.4. The number of unbranched alkanes of at least 4 members (excludes halogenated alkanes) is 39. The first kappa shape index (κ1) is 85.2. The molecule has 0 aromatic carbocycles. The monoisotopic (exact) mass is 1330 g/mol. The predicted octanol–water partition coefficient (Wildman–Crippen LogP) is 11.2. The minimum atomic E-state index is -1.98. The molecule has 0 spiro atoms. The highest BCUT2D eigenvalue weighted by molar-refractivity contribution is 5.76. The van der Waals surface area contributed by atoms with Crippen molar-refractivity contribution in [2.45, 2.75) is 401 Å². The van der Waals surface area contributed by atoms with Crippen LogP contribution in [0.1, 0.15) is 296 Å². The second-order valence-electron chi connectivity index (χ2n) is 27.1. The van der Waals surface area contributed by atoms with Gasteiger partial charge in [0.15, 0.2) is 18.9 Å². The van der Waals surface area contributed by atoms with Crippen molar-refractivity contribution in [2.75, 3.05) is 26.4 Å². The first-order valence-corrected chi connectivity index (χ1v) is 37.7. The van der Waals surface area contributed by atoms with Crippen molar-refractivity contribution in [1.82, 2.24) is 5.32 Å². The van der Waals surface area contributed by atoms with Crippen LogP contribution in [-0.4, -0.2) is 193 Å². The van der Waals surface area contributed by atoms with Gasteiger partial charge in [0, 0.05) is 6.42 Å². The van der Waals surface area contributed by atoms with Crippen molar-refractivity contribution in [1.29, 1.82) is 0 Å². The van der Waals surface area contributed by atoms with Crippen LogP contribution in [0, 0.1) is 0 Å². The maximum Gasteiger partial charge on any atom is 0.220 e. The fourth-order valence-electron chi connectivity index (χ4n) is 12.8. The van der Waals surface area contributed by atoms with E-state index < -0.39 is 124 Å². The van der Waals surface area contributed by atoms with Gasteiger partial charge in [-0.15, -0.1) is 0 Å². The van der Waals surface area contributed by atoms with E-state index in [9.17, 15) is 61.0 Å². The lowest BCUT2D eigenvalue weighted by molar-refractivity contribution is -0.379. The standard InChI is InChI=1S/C74H137NO18/c1-3-5-7-9-11-13-15-17-19-21-23-24-25-26-27-28-29-30-31-32-34-35-37-39-41-43-45-47-49-51-58(79)57(75-62(80)52-50-48-46-44-42-40-38-36-33-22-20-18-16-14-12-10-8-6-4-2)56-88-72-68(86)65(83)70(60(54-77)90-72)93-74-69(87)66(84)71(61(55-78)91-74)92-73-67(85)64(82)63(81)59(53-76)89-73/h34-35,41,43,49,51,57-61,63-74,76-79,81-87H,3-33,36-40,42,44-48,50,52-56H2,1-2H3,(H,75,80)/b35-34+,43-41+,51-49+. The summed E-state index contributed by atoms with van der Waals surface area (Å²) in [6.07, 6.45) is 39.9. The van der Waals surface area contributed by atoms with Crippen LogP contribution in [-0.2, 0) is 33.2 Å². The van der Waals surface area contributed by atoms with Crippen molar-refractivity contribution in [2.24, 2.45) is 0 Å². The molecule has 12 N–H and O–H groups in total. The Balaban J connectivity index is 1.42.